The Labute approximate surface area is 147 Å². The largest absolute Gasteiger partial charge is 0.486 e. The lowest BCUT2D eigenvalue weighted by Gasteiger charge is -2.29. The first-order valence-electron chi connectivity index (χ1n) is 8.43. The van der Waals surface area contributed by atoms with E-state index in [0.29, 0.717) is 42.7 Å². The number of urea groups is 1. The standard InChI is InChI=1S/C17H24ClN3O3/c1-21-6-3-13(4-7-21)20-17(22)19-5-2-12-10-14(18)16-15(11-12)23-8-9-24-16/h10-11,13H,2-9H2,1H3,(H2,19,20,22). The Kier molecular flexibility index (Phi) is 5.68. The number of nitrogens with zero attached hydrogens (tertiary/aromatic N) is 1. The van der Waals surface area contributed by atoms with Gasteiger partial charge in [0, 0.05) is 12.6 Å². The molecule has 0 aliphatic carbocycles. The third-order valence-electron chi connectivity index (χ3n) is 4.41. The Bertz CT molecular complexity index is 589. The van der Waals surface area contributed by atoms with Crippen molar-refractivity contribution in [2.75, 3.05) is 39.9 Å². The molecule has 0 bridgehead atoms. The van der Waals surface area contributed by atoms with Crippen LogP contribution in [0.5, 0.6) is 11.5 Å². The predicted molar refractivity (Wildman–Crippen MR) is 93.2 cm³/mol. The van der Waals surface area contributed by atoms with Crippen molar-refractivity contribution in [3.8, 4) is 11.5 Å². The number of amides is 2. The summed E-state index contributed by atoms with van der Waals surface area (Å²) in [5.41, 5.74) is 1.02. The number of fused-ring (bicyclic) bond motifs is 1. The SMILES string of the molecule is CN1CCC(NC(=O)NCCc2cc(Cl)c3c(c2)OCCO3)CC1. The lowest BCUT2D eigenvalue weighted by molar-refractivity contribution is 0.171. The van der Waals surface area contributed by atoms with Gasteiger partial charge in [-0.05, 0) is 57.1 Å². The zero-order valence-electron chi connectivity index (χ0n) is 13.9. The van der Waals surface area contributed by atoms with Crippen LogP contribution in [-0.2, 0) is 6.42 Å². The van der Waals surface area contributed by atoms with Crippen molar-refractivity contribution in [1.82, 2.24) is 15.5 Å². The Morgan fingerprint density at radius 3 is 2.83 bits per heavy atom. The molecule has 2 amide bonds. The minimum atomic E-state index is -0.104. The second-order valence-corrected chi connectivity index (χ2v) is 6.74. The third-order valence-corrected chi connectivity index (χ3v) is 4.69. The van der Waals surface area contributed by atoms with Gasteiger partial charge in [0.25, 0.3) is 0 Å². The lowest BCUT2D eigenvalue weighted by Crippen LogP contribution is -2.47. The fourth-order valence-corrected chi connectivity index (χ4v) is 3.31. The molecule has 6 nitrogen and oxygen atoms in total. The number of benzene rings is 1. The number of nitrogens with one attached hydrogen (secondary N) is 2. The van der Waals surface area contributed by atoms with E-state index in [1.165, 1.54) is 0 Å². The first-order valence-corrected chi connectivity index (χ1v) is 8.80. The molecule has 1 fully saturated rings. The van der Waals surface area contributed by atoms with Crippen LogP contribution in [-0.4, -0.2) is 56.9 Å². The second kappa shape index (κ2) is 7.94. The molecule has 24 heavy (non-hydrogen) atoms. The Hall–Kier alpha value is -1.66. The molecule has 132 valence electrons. The van der Waals surface area contributed by atoms with Gasteiger partial charge in [-0.2, -0.15) is 0 Å². The van der Waals surface area contributed by atoms with Crippen molar-refractivity contribution in [1.29, 1.82) is 0 Å². The minimum Gasteiger partial charge on any atom is -0.486 e. The predicted octanol–water partition coefficient (Wildman–Crippen LogP) is 2.05. The molecule has 0 unspecified atom stereocenters. The molecule has 1 saturated heterocycles. The summed E-state index contributed by atoms with van der Waals surface area (Å²) in [6, 6.07) is 3.96. The molecule has 2 N–H and O–H groups in total. The van der Waals surface area contributed by atoms with E-state index in [1.807, 2.05) is 12.1 Å². The van der Waals surface area contributed by atoms with E-state index < -0.39 is 0 Å². The number of piperidine rings is 1. The number of likely N-dealkylation sites (tertiary alicyclic amines) is 1. The first-order chi connectivity index (χ1) is 11.6. The van der Waals surface area contributed by atoms with Crippen LogP contribution < -0.4 is 20.1 Å². The number of halogens is 1. The van der Waals surface area contributed by atoms with E-state index in [4.69, 9.17) is 21.1 Å². The minimum absolute atomic E-state index is 0.104. The summed E-state index contributed by atoms with van der Waals surface area (Å²) in [5.74, 6) is 1.29. The Morgan fingerprint density at radius 2 is 2.04 bits per heavy atom. The number of hydrogen-bond acceptors (Lipinski definition) is 4. The highest BCUT2D eigenvalue weighted by Gasteiger charge is 2.19. The molecule has 3 rings (SSSR count). The number of ether oxygens (including phenoxy) is 2. The van der Waals surface area contributed by atoms with Gasteiger partial charge in [-0.25, -0.2) is 4.79 Å². The van der Waals surface area contributed by atoms with Gasteiger partial charge in [0.15, 0.2) is 11.5 Å². The highest BCUT2D eigenvalue weighted by molar-refractivity contribution is 6.32. The van der Waals surface area contributed by atoms with E-state index in [-0.39, 0.29) is 12.1 Å². The summed E-state index contributed by atoms with van der Waals surface area (Å²) >= 11 is 6.22. The summed E-state index contributed by atoms with van der Waals surface area (Å²) in [6.45, 7) is 3.66. The van der Waals surface area contributed by atoms with Crippen LogP contribution in [0.1, 0.15) is 18.4 Å². The maximum atomic E-state index is 12.0. The molecule has 0 aromatic heterocycles. The van der Waals surface area contributed by atoms with Gasteiger partial charge in [0.2, 0.25) is 0 Å². The van der Waals surface area contributed by atoms with Gasteiger partial charge in [0.05, 0.1) is 5.02 Å². The van der Waals surface area contributed by atoms with Crippen LogP contribution >= 0.6 is 11.6 Å². The Morgan fingerprint density at radius 1 is 1.29 bits per heavy atom. The molecule has 0 radical (unpaired) electrons. The number of carbonyl (C=O) groups excluding carboxylic acids is 1. The van der Waals surface area contributed by atoms with Gasteiger partial charge >= 0.3 is 6.03 Å². The third kappa shape index (κ3) is 4.45. The molecule has 0 spiro atoms. The molecule has 2 aliphatic heterocycles. The van der Waals surface area contributed by atoms with E-state index >= 15 is 0 Å². The van der Waals surface area contributed by atoms with Crippen LogP contribution in [0.2, 0.25) is 5.02 Å². The van der Waals surface area contributed by atoms with Gasteiger partial charge in [0.1, 0.15) is 13.2 Å². The van der Waals surface area contributed by atoms with Crippen LogP contribution in [0.4, 0.5) is 4.79 Å². The van der Waals surface area contributed by atoms with Crippen LogP contribution in [0, 0.1) is 0 Å². The van der Waals surface area contributed by atoms with Crippen molar-refractivity contribution in [2.45, 2.75) is 25.3 Å². The number of carbonyl (C=O) groups is 1. The second-order valence-electron chi connectivity index (χ2n) is 6.33. The smallest absolute Gasteiger partial charge is 0.315 e. The highest BCUT2D eigenvalue weighted by Crippen LogP contribution is 2.38. The fourth-order valence-electron chi connectivity index (χ4n) is 3.02. The van der Waals surface area contributed by atoms with Crippen molar-refractivity contribution < 1.29 is 14.3 Å². The monoisotopic (exact) mass is 353 g/mol. The molecule has 0 atom stereocenters. The van der Waals surface area contributed by atoms with Crippen molar-refractivity contribution in [3.05, 3.63) is 22.7 Å². The quantitative estimate of drug-likeness (QED) is 0.869. The molecular formula is C17H24ClN3O3. The lowest BCUT2D eigenvalue weighted by atomic mass is 10.1. The van der Waals surface area contributed by atoms with Crippen molar-refractivity contribution in [2.24, 2.45) is 0 Å². The summed E-state index contributed by atoms with van der Waals surface area (Å²) in [4.78, 5) is 14.3. The average molecular weight is 354 g/mol. The van der Waals surface area contributed by atoms with Gasteiger partial charge < -0.3 is 25.0 Å². The van der Waals surface area contributed by atoms with Crippen molar-refractivity contribution in [3.63, 3.8) is 0 Å². The molecule has 2 heterocycles. The van der Waals surface area contributed by atoms with E-state index in [1.54, 1.807) is 0 Å². The summed E-state index contributed by atoms with van der Waals surface area (Å²) in [5, 5.41) is 6.50. The van der Waals surface area contributed by atoms with Crippen LogP contribution in [0.3, 0.4) is 0 Å². The van der Waals surface area contributed by atoms with E-state index in [9.17, 15) is 4.79 Å². The summed E-state index contributed by atoms with van der Waals surface area (Å²) < 4.78 is 11.1. The van der Waals surface area contributed by atoms with Gasteiger partial charge in [-0.3, -0.25) is 0 Å². The molecule has 2 aliphatic rings. The first kappa shape index (κ1) is 17.2. The molecule has 0 saturated carbocycles. The maximum absolute atomic E-state index is 12.0. The zero-order chi connectivity index (χ0) is 16.9. The van der Waals surface area contributed by atoms with Crippen LogP contribution in [0.25, 0.3) is 0 Å². The fraction of sp³-hybridized carbons (Fsp3) is 0.588. The molecule has 1 aromatic rings. The normalized spacial score (nSPS) is 18.2. The summed E-state index contributed by atoms with van der Waals surface area (Å²) in [7, 11) is 2.11. The zero-order valence-corrected chi connectivity index (χ0v) is 14.7. The van der Waals surface area contributed by atoms with E-state index in [0.717, 1.165) is 31.5 Å². The van der Waals surface area contributed by atoms with Crippen LogP contribution in [0.15, 0.2) is 12.1 Å². The average Bonchev–Trinajstić information content (AvgIpc) is 2.57. The summed E-state index contributed by atoms with van der Waals surface area (Å²) in [6.07, 6.45) is 2.70. The Balaban J connectivity index is 1.44. The van der Waals surface area contributed by atoms with E-state index in [2.05, 4.69) is 22.6 Å². The molecule has 7 heteroatoms. The van der Waals surface area contributed by atoms with Crippen molar-refractivity contribution >= 4 is 17.6 Å². The maximum Gasteiger partial charge on any atom is 0.315 e. The number of rotatable bonds is 4. The highest BCUT2D eigenvalue weighted by atomic mass is 35.5. The van der Waals surface area contributed by atoms with Gasteiger partial charge in [-0.1, -0.05) is 11.6 Å². The molecule has 1 aromatic carbocycles. The van der Waals surface area contributed by atoms with Gasteiger partial charge in [-0.15, -0.1) is 0 Å². The number of hydrogen-bond donors (Lipinski definition) is 2. The topological polar surface area (TPSA) is 62.8 Å². The molecular weight excluding hydrogens is 330 g/mol.